The molecule has 0 fully saturated rings. The van der Waals surface area contributed by atoms with E-state index in [-0.39, 0.29) is 13.1 Å². The van der Waals surface area contributed by atoms with E-state index in [2.05, 4.69) is 4.74 Å². The maximum atomic E-state index is 11.9. The Hall–Kier alpha value is -1.79. The summed E-state index contributed by atoms with van der Waals surface area (Å²) in [6, 6.07) is -0.393. The van der Waals surface area contributed by atoms with Gasteiger partial charge >= 0.3 is 18.0 Å². The molecule has 1 N–H and O–H groups in total. The van der Waals surface area contributed by atoms with Gasteiger partial charge in [0.1, 0.15) is 6.54 Å². The molecule has 7 heteroatoms. The zero-order chi connectivity index (χ0) is 14.3. The summed E-state index contributed by atoms with van der Waals surface area (Å²) in [5, 5.41) is 8.80. The van der Waals surface area contributed by atoms with Crippen molar-refractivity contribution in [2.75, 3.05) is 33.8 Å². The van der Waals surface area contributed by atoms with E-state index < -0.39 is 23.9 Å². The Kier molecular flexibility index (Phi) is 6.77. The average molecular weight is 260 g/mol. The first-order chi connectivity index (χ1) is 8.33. The van der Waals surface area contributed by atoms with E-state index in [1.165, 1.54) is 30.9 Å². The van der Waals surface area contributed by atoms with Crippen LogP contribution in [0.15, 0.2) is 0 Å². The predicted octanol–water partition coefficient (Wildman–Crippen LogP) is 0.254. The maximum absolute atomic E-state index is 11.9. The van der Waals surface area contributed by atoms with Crippen molar-refractivity contribution < 1.29 is 24.2 Å². The lowest BCUT2D eigenvalue weighted by atomic mass is 10.2. The molecule has 0 aliphatic rings. The van der Waals surface area contributed by atoms with Crippen LogP contribution in [0.25, 0.3) is 0 Å². The second-order valence-corrected chi connectivity index (χ2v) is 3.99. The topological polar surface area (TPSA) is 87.2 Å². The summed E-state index contributed by atoms with van der Waals surface area (Å²) < 4.78 is 4.46. The zero-order valence-corrected chi connectivity index (χ0v) is 11.2. The van der Waals surface area contributed by atoms with Crippen LogP contribution in [0.4, 0.5) is 4.79 Å². The molecule has 0 saturated carbocycles. The summed E-state index contributed by atoms with van der Waals surface area (Å²) in [5.41, 5.74) is 0. The SMILES string of the molecule is CCN(CC(C)C(=O)O)C(=O)N(C)CC(=O)OC. The fourth-order valence-corrected chi connectivity index (χ4v) is 1.32. The maximum Gasteiger partial charge on any atom is 0.325 e. The summed E-state index contributed by atoms with van der Waals surface area (Å²) in [4.78, 5) is 36.3. The van der Waals surface area contributed by atoms with Crippen LogP contribution >= 0.6 is 0 Å². The van der Waals surface area contributed by atoms with Gasteiger partial charge in [-0.25, -0.2) is 4.79 Å². The number of carboxylic acid groups (broad SMARTS) is 1. The molecule has 1 atom stereocenters. The number of carbonyl (C=O) groups is 3. The van der Waals surface area contributed by atoms with Crippen molar-refractivity contribution in [2.45, 2.75) is 13.8 Å². The van der Waals surface area contributed by atoms with Gasteiger partial charge in [0.15, 0.2) is 0 Å². The minimum atomic E-state index is -0.961. The van der Waals surface area contributed by atoms with Crippen LogP contribution < -0.4 is 0 Å². The fraction of sp³-hybridized carbons (Fsp3) is 0.727. The number of hydrogen-bond donors (Lipinski definition) is 1. The number of amides is 2. The molecule has 0 aromatic rings. The van der Waals surface area contributed by atoms with Crippen molar-refractivity contribution in [1.82, 2.24) is 9.80 Å². The standard InChI is InChI=1S/C11H20N2O5/c1-5-13(6-8(2)10(15)16)11(17)12(3)7-9(14)18-4/h8H,5-7H2,1-4H3,(H,15,16). The van der Waals surface area contributed by atoms with Crippen LogP contribution in [-0.4, -0.2) is 66.7 Å². The Balaban J connectivity index is 4.51. The molecule has 0 bridgehead atoms. The minimum Gasteiger partial charge on any atom is -0.481 e. The number of likely N-dealkylation sites (N-methyl/N-ethyl adjacent to an activating group) is 1. The molecule has 0 aliphatic heterocycles. The molecule has 0 aliphatic carbocycles. The van der Waals surface area contributed by atoms with Gasteiger partial charge in [-0.3, -0.25) is 9.59 Å². The molecule has 7 nitrogen and oxygen atoms in total. The quantitative estimate of drug-likeness (QED) is 0.692. The lowest BCUT2D eigenvalue weighted by Gasteiger charge is -2.27. The first-order valence-corrected chi connectivity index (χ1v) is 5.63. The summed E-state index contributed by atoms with van der Waals surface area (Å²) in [5.74, 6) is -2.13. The van der Waals surface area contributed by atoms with E-state index in [0.29, 0.717) is 6.54 Å². The van der Waals surface area contributed by atoms with E-state index >= 15 is 0 Å². The third-order valence-corrected chi connectivity index (χ3v) is 2.49. The number of hydrogen-bond acceptors (Lipinski definition) is 4. The van der Waals surface area contributed by atoms with Gasteiger partial charge in [-0.05, 0) is 6.92 Å². The van der Waals surface area contributed by atoms with Crippen molar-refractivity contribution in [2.24, 2.45) is 5.92 Å². The van der Waals surface area contributed by atoms with Crippen molar-refractivity contribution in [3.05, 3.63) is 0 Å². The highest BCUT2D eigenvalue weighted by Gasteiger charge is 2.23. The van der Waals surface area contributed by atoms with E-state index in [1.807, 2.05) is 0 Å². The Morgan fingerprint density at radius 3 is 2.28 bits per heavy atom. The minimum absolute atomic E-state index is 0.107. The Morgan fingerprint density at radius 2 is 1.89 bits per heavy atom. The van der Waals surface area contributed by atoms with Gasteiger partial charge in [0.05, 0.1) is 13.0 Å². The number of urea groups is 1. The highest BCUT2D eigenvalue weighted by molar-refractivity contribution is 5.81. The summed E-state index contributed by atoms with van der Waals surface area (Å²) >= 11 is 0. The first-order valence-electron chi connectivity index (χ1n) is 5.63. The van der Waals surface area contributed by atoms with Crippen LogP contribution in [0.3, 0.4) is 0 Å². The summed E-state index contributed by atoms with van der Waals surface area (Å²) in [6.45, 7) is 3.60. The number of carboxylic acids is 1. The number of ether oxygens (including phenoxy) is 1. The molecule has 18 heavy (non-hydrogen) atoms. The van der Waals surface area contributed by atoms with Crippen molar-refractivity contribution in [3.63, 3.8) is 0 Å². The number of rotatable bonds is 6. The monoisotopic (exact) mass is 260 g/mol. The van der Waals surface area contributed by atoms with Crippen molar-refractivity contribution >= 4 is 18.0 Å². The van der Waals surface area contributed by atoms with Gasteiger partial charge in [0.2, 0.25) is 0 Å². The molecule has 0 radical (unpaired) electrons. The first kappa shape index (κ1) is 16.2. The van der Waals surface area contributed by atoms with Crippen LogP contribution in [0.1, 0.15) is 13.8 Å². The molecule has 1 unspecified atom stereocenters. The second kappa shape index (κ2) is 7.52. The normalized spacial score (nSPS) is 11.6. The molecule has 0 heterocycles. The molecule has 2 amide bonds. The molecular formula is C11H20N2O5. The number of aliphatic carboxylic acids is 1. The van der Waals surface area contributed by atoms with Crippen LogP contribution in [-0.2, 0) is 14.3 Å². The van der Waals surface area contributed by atoms with Crippen molar-refractivity contribution in [1.29, 1.82) is 0 Å². The third kappa shape index (κ3) is 5.03. The van der Waals surface area contributed by atoms with Crippen LogP contribution in [0, 0.1) is 5.92 Å². The van der Waals surface area contributed by atoms with E-state index in [0.717, 1.165) is 0 Å². The molecular weight excluding hydrogens is 240 g/mol. The van der Waals surface area contributed by atoms with Gasteiger partial charge in [-0.2, -0.15) is 0 Å². The van der Waals surface area contributed by atoms with Gasteiger partial charge < -0.3 is 19.6 Å². The smallest absolute Gasteiger partial charge is 0.325 e. The molecule has 0 saturated heterocycles. The Bertz CT molecular complexity index is 319. The van der Waals surface area contributed by atoms with Crippen LogP contribution in [0.2, 0.25) is 0 Å². The summed E-state index contributed by atoms with van der Waals surface area (Å²) in [7, 11) is 2.71. The highest BCUT2D eigenvalue weighted by Crippen LogP contribution is 2.04. The Morgan fingerprint density at radius 1 is 1.33 bits per heavy atom. The molecule has 104 valence electrons. The lowest BCUT2D eigenvalue weighted by Crippen LogP contribution is -2.45. The van der Waals surface area contributed by atoms with Gasteiger partial charge in [-0.15, -0.1) is 0 Å². The number of methoxy groups -OCH3 is 1. The molecule has 0 aromatic carbocycles. The second-order valence-electron chi connectivity index (χ2n) is 3.99. The summed E-state index contributed by atoms with van der Waals surface area (Å²) in [6.07, 6.45) is 0. The molecule has 0 aromatic heterocycles. The predicted molar refractivity (Wildman–Crippen MR) is 64.1 cm³/mol. The molecule has 0 spiro atoms. The zero-order valence-electron chi connectivity index (χ0n) is 11.2. The van der Waals surface area contributed by atoms with Gasteiger partial charge in [0.25, 0.3) is 0 Å². The highest BCUT2D eigenvalue weighted by atomic mass is 16.5. The van der Waals surface area contributed by atoms with E-state index in [1.54, 1.807) is 6.92 Å². The largest absolute Gasteiger partial charge is 0.481 e. The van der Waals surface area contributed by atoms with Gasteiger partial charge in [0, 0.05) is 20.1 Å². The lowest BCUT2D eigenvalue weighted by molar-refractivity contribution is -0.142. The van der Waals surface area contributed by atoms with Crippen LogP contribution in [0.5, 0.6) is 0 Å². The number of esters is 1. The third-order valence-electron chi connectivity index (χ3n) is 2.49. The average Bonchev–Trinajstić information content (AvgIpc) is 2.34. The Labute approximate surface area is 106 Å². The van der Waals surface area contributed by atoms with E-state index in [4.69, 9.17) is 5.11 Å². The number of carbonyl (C=O) groups excluding carboxylic acids is 2. The van der Waals surface area contributed by atoms with E-state index in [9.17, 15) is 14.4 Å². The molecule has 0 rings (SSSR count). The number of nitrogens with zero attached hydrogens (tertiary/aromatic N) is 2. The van der Waals surface area contributed by atoms with Crippen molar-refractivity contribution in [3.8, 4) is 0 Å². The fourth-order valence-electron chi connectivity index (χ4n) is 1.32. The van der Waals surface area contributed by atoms with Gasteiger partial charge in [-0.1, -0.05) is 6.92 Å².